The highest BCUT2D eigenvalue weighted by Gasteiger charge is 2.30. The molecule has 2 N–H and O–H groups in total. The van der Waals surface area contributed by atoms with Crippen LogP contribution in [0.1, 0.15) is 26.2 Å². The Hall–Kier alpha value is -1.13. The molecule has 0 radical (unpaired) electrons. The minimum Gasteiger partial charge on any atom is -0.330 e. The van der Waals surface area contributed by atoms with Gasteiger partial charge in [0.1, 0.15) is 0 Å². The average Bonchev–Trinajstić information content (AvgIpc) is 2.90. The predicted octanol–water partition coefficient (Wildman–Crippen LogP) is 1.30. The summed E-state index contributed by atoms with van der Waals surface area (Å²) in [6.45, 7) is 5.71. The SMILES string of the molecule is CCN(CCn1ccccc1=O)C1CCCC1CN. The standard InChI is InChI=1S/C15H25N3O/c1-2-17(14-7-5-6-13(14)12-16)10-11-18-9-4-3-8-15(18)19/h3-4,8-9,13-14H,2,5-7,10-12,16H2,1H3. The number of likely N-dealkylation sites (N-methyl/N-ethyl adjacent to an activating group) is 1. The highest BCUT2D eigenvalue weighted by molar-refractivity contribution is 4.93. The van der Waals surface area contributed by atoms with Crippen molar-refractivity contribution in [2.75, 3.05) is 19.6 Å². The van der Waals surface area contributed by atoms with E-state index < -0.39 is 0 Å². The third-order valence-corrected chi connectivity index (χ3v) is 4.32. The van der Waals surface area contributed by atoms with Crippen LogP contribution >= 0.6 is 0 Å². The summed E-state index contributed by atoms with van der Waals surface area (Å²) in [6.07, 6.45) is 5.65. The maximum Gasteiger partial charge on any atom is 0.250 e. The molecule has 1 aromatic heterocycles. The second-order valence-corrected chi connectivity index (χ2v) is 5.35. The lowest BCUT2D eigenvalue weighted by Crippen LogP contribution is -2.42. The summed E-state index contributed by atoms with van der Waals surface area (Å²) in [4.78, 5) is 14.2. The molecule has 1 fully saturated rings. The number of pyridine rings is 1. The zero-order chi connectivity index (χ0) is 13.7. The van der Waals surface area contributed by atoms with Crippen molar-refractivity contribution in [3.8, 4) is 0 Å². The van der Waals surface area contributed by atoms with Crippen LogP contribution in [-0.4, -0.2) is 35.1 Å². The monoisotopic (exact) mass is 263 g/mol. The fourth-order valence-corrected chi connectivity index (χ4v) is 3.21. The molecular formula is C15H25N3O. The largest absolute Gasteiger partial charge is 0.330 e. The van der Waals surface area contributed by atoms with Gasteiger partial charge in [-0.2, -0.15) is 0 Å². The molecule has 1 heterocycles. The van der Waals surface area contributed by atoms with Crippen molar-refractivity contribution in [1.82, 2.24) is 9.47 Å². The maximum atomic E-state index is 11.7. The second-order valence-electron chi connectivity index (χ2n) is 5.35. The Bertz CT molecular complexity index is 443. The molecule has 2 atom stereocenters. The number of hydrogen-bond donors (Lipinski definition) is 1. The molecule has 106 valence electrons. The lowest BCUT2D eigenvalue weighted by atomic mass is 10.0. The molecular weight excluding hydrogens is 238 g/mol. The van der Waals surface area contributed by atoms with Crippen LogP contribution in [0.25, 0.3) is 0 Å². The molecule has 0 aliphatic heterocycles. The molecule has 19 heavy (non-hydrogen) atoms. The van der Waals surface area contributed by atoms with Crippen molar-refractivity contribution in [2.24, 2.45) is 11.7 Å². The summed E-state index contributed by atoms with van der Waals surface area (Å²) in [6, 6.07) is 5.93. The summed E-state index contributed by atoms with van der Waals surface area (Å²) in [5.41, 5.74) is 5.95. The summed E-state index contributed by atoms with van der Waals surface area (Å²) in [7, 11) is 0. The van der Waals surface area contributed by atoms with E-state index in [2.05, 4.69) is 11.8 Å². The highest BCUT2D eigenvalue weighted by atomic mass is 16.1. The van der Waals surface area contributed by atoms with Crippen molar-refractivity contribution in [2.45, 2.75) is 38.8 Å². The van der Waals surface area contributed by atoms with Gasteiger partial charge in [-0.1, -0.05) is 19.4 Å². The zero-order valence-electron chi connectivity index (χ0n) is 11.8. The van der Waals surface area contributed by atoms with Crippen LogP contribution in [0.2, 0.25) is 0 Å². The first-order valence-corrected chi connectivity index (χ1v) is 7.35. The molecule has 4 heteroatoms. The van der Waals surface area contributed by atoms with Crippen LogP contribution in [0.5, 0.6) is 0 Å². The van der Waals surface area contributed by atoms with Crippen LogP contribution < -0.4 is 11.3 Å². The molecule has 1 aliphatic rings. The fraction of sp³-hybridized carbons (Fsp3) is 0.667. The van der Waals surface area contributed by atoms with Gasteiger partial charge in [0.25, 0.3) is 5.56 Å². The average molecular weight is 263 g/mol. The summed E-state index contributed by atoms with van der Waals surface area (Å²) in [5, 5.41) is 0. The van der Waals surface area contributed by atoms with E-state index in [9.17, 15) is 4.79 Å². The highest BCUT2D eigenvalue weighted by Crippen LogP contribution is 2.28. The molecule has 0 amide bonds. The molecule has 0 saturated heterocycles. The lowest BCUT2D eigenvalue weighted by molar-refractivity contribution is 0.164. The second kappa shape index (κ2) is 6.87. The van der Waals surface area contributed by atoms with Gasteiger partial charge in [0.05, 0.1) is 0 Å². The van der Waals surface area contributed by atoms with Crippen LogP contribution in [0.15, 0.2) is 29.2 Å². The van der Waals surface area contributed by atoms with E-state index in [0.717, 1.165) is 26.2 Å². The Morgan fingerprint density at radius 1 is 1.42 bits per heavy atom. The third-order valence-electron chi connectivity index (χ3n) is 4.32. The molecule has 4 nitrogen and oxygen atoms in total. The molecule has 0 aromatic carbocycles. The molecule has 1 aliphatic carbocycles. The molecule has 1 aromatic rings. The minimum absolute atomic E-state index is 0.0837. The van der Waals surface area contributed by atoms with Crippen molar-refractivity contribution in [1.29, 1.82) is 0 Å². The van der Waals surface area contributed by atoms with Gasteiger partial charge in [-0.25, -0.2) is 0 Å². The number of rotatable bonds is 6. The van der Waals surface area contributed by atoms with Crippen molar-refractivity contribution in [3.63, 3.8) is 0 Å². The summed E-state index contributed by atoms with van der Waals surface area (Å²) < 4.78 is 1.79. The smallest absolute Gasteiger partial charge is 0.250 e. The van der Waals surface area contributed by atoms with Crippen molar-refractivity contribution >= 4 is 0 Å². The van der Waals surface area contributed by atoms with Gasteiger partial charge in [0, 0.05) is 31.4 Å². The van der Waals surface area contributed by atoms with E-state index in [1.165, 1.54) is 19.3 Å². The van der Waals surface area contributed by atoms with Crippen molar-refractivity contribution < 1.29 is 0 Å². The van der Waals surface area contributed by atoms with Crippen LogP contribution in [0.4, 0.5) is 0 Å². The topological polar surface area (TPSA) is 51.3 Å². The van der Waals surface area contributed by atoms with E-state index in [-0.39, 0.29) is 5.56 Å². The predicted molar refractivity (Wildman–Crippen MR) is 78.1 cm³/mol. The van der Waals surface area contributed by atoms with E-state index >= 15 is 0 Å². The van der Waals surface area contributed by atoms with Gasteiger partial charge < -0.3 is 10.3 Å². The summed E-state index contributed by atoms with van der Waals surface area (Å²) in [5.74, 6) is 0.632. The molecule has 1 saturated carbocycles. The van der Waals surface area contributed by atoms with E-state index in [1.807, 2.05) is 12.3 Å². The van der Waals surface area contributed by atoms with Gasteiger partial charge in [0.2, 0.25) is 0 Å². The Morgan fingerprint density at radius 2 is 2.26 bits per heavy atom. The Morgan fingerprint density at radius 3 is 2.95 bits per heavy atom. The zero-order valence-corrected chi connectivity index (χ0v) is 11.8. The van der Waals surface area contributed by atoms with E-state index in [4.69, 9.17) is 5.73 Å². The quantitative estimate of drug-likeness (QED) is 0.841. The summed E-state index contributed by atoms with van der Waals surface area (Å²) >= 11 is 0. The van der Waals surface area contributed by atoms with E-state index in [1.54, 1.807) is 16.7 Å². The van der Waals surface area contributed by atoms with Crippen LogP contribution in [-0.2, 0) is 6.54 Å². The Kier molecular flexibility index (Phi) is 5.16. The number of aromatic nitrogens is 1. The van der Waals surface area contributed by atoms with E-state index in [0.29, 0.717) is 12.0 Å². The molecule has 2 unspecified atom stereocenters. The maximum absolute atomic E-state index is 11.7. The lowest BCUT2D eigenvalue weighted by Gasteiger charge is -2.31. The first kappa shape index (κ1) is 14.3. The first-order chi connectivity index (χ1) is 9.26. The van der Waals surface area contributed by atoms with Gasteiger partial charge in [-0.15, -0.1) is 0 Å². The third kappa shape index (κ3) is 3.45. The van der Waals surface area contributed by atoms with Gasteiger partial charge in [-0.3, -0.25) is 9.69 Å². The normalized spacial score (nSPS) is 23.1. The van der Waals surface area contributed by atoms with Gasteiger partial charge >= 0.3 is 0 Å². The number of nitrogens with two attached hydrogens (primary N) is 1. The number of nitrogens with zero attached hydrogens (tertiary/aromatic N) is 2. The van der Waals surface area contributed by atoms with Crippen LogP contribution in [0, 0.1) is 5.92 Å². The molecule has 0 spiro atoms. The Labute approximate surface area is 115 Å². The minimum atomic E-state index is 0.0837. The van der Waals surface area contributed by atoms with Crippen LogP contribution in [0.3, 0.4) is 0 Å². The Balaban J connectivity index is 1.96. The molecule has 0 bridgehead atoms. The molecule has 2 rings (SSSR count). The number of hydrogen-bond acceptors (Lipinski definition) is 3. The fourth-order valence-electron chi connectivity index (χ4n) is 3.21. The van der Waals surface area contributed by atoms with Gasteiger partial charge in [-0.05, 0) is 37.9 Å². The first-order valence-electron chi connectivity index (χ1n) is 7.35. The van der Waals surface area contributed by atoms with Gasteiger partial charge in [0.15, 0.2) is 0 Å². The van der Waals surface area contributed by atoms with Crippen molar-refractivity contribution in [3.05, 3.63) is 34.7 Å².